The molecule has 0 atom stereocenters. The zero-order valence-electron chi connectivity index (χ0n) is 53.4. The first-order valence-electron chi connectivity index (χ1n) is 34.9. The number of quaternary nitrogens is 2. The van der Waals surface area contributed by atoms with Crippen LogP contribution in [0.2, 0.25) is 0 Å². The fourth-order valence-corrected chi connectivity index (χ4v) is 11.8. The Labute approximate surface area is 475 Å². The summed E-state index contributed by atoms with van der Waals surface area (Å²) in [5.74, 6) is 0. The predicted molar refractivity (Wildman–Crippen MR) is 335 cm³/mol. The molecule has 0 aromatic rings. The Hall–Kier alpha value is 0.0300. The van der Waals surface area contributed by atoms with Gasteiger partial charge in [0.05, 0.1) is 60.2 Å². The van der Waals surface area contributed by atoms with Crippen molar-refractivity contribution in [2.45, 2.75) is 389 Å². The first kappa shape index (κ1) is 79.3. The highest BCUT2D eigenvalue weighted by Gasteiger charge is 2.27. The van der Waals surface area contributed by atoms with E-state index < -0.39 is 7.82 Å². The van der Waals surface area contributed by atoms with Gasteiger partial charge in [0.2, 0.25) is 0 Å². The Morgan fingerprint density at radius 2 is 0.307 bits per heavy atom. The lowest BCUT2D eigenvalue weighted by Gasteiger charge is -2.39. The third kappa shape index (κ3) is 66.4. The van der Waals surface area contributed by atoms with Crippen LogP contribution in [0.25, 0.3) is 0 Å². The van der Waals surface area contributed by atoms with Gasteiger partial charge in [-0.25, -0.2) is 0 Å². The van der Waals surface area contributed by atoms with Crippen LogP contribution in [-0.4, -0.2) is 66.2 Å². The molecule has 0 spiro atoms. The SMILES string of the molecule is CCCCCCCCCC[N+](CCCC)(CCCCCCCCCC)CCCCCCCCCC.CCCCCCCCCC[N+](CCCC)(CCCCCCCCCC)CCCCCCCCCC.O=P([O-])([O-])O. The van der Waals surface area contributed by atoms with Crippen molar-refractivity contribution in [1.29, 1.82) is 0 Å². The van der Waals surface area contributed by atoms with Gasteiger partial charge in [-0.3, -0.25) is 0 Å². The third-order valence-electron chi connectivity index (χ3n) is 16.9. The van der Waals surface area contributed by atoms with Crippen LogP contribution in [0.1, 0.15) is 389 Å². The van der Waals surface area contributed by atoms with Gasteiger partial charge in [0.25, 0.3) is 0 Å². The standard InChI is InChI=1S/2C34H72N.H3O4P/c2*1-5-9-13-16-19-22-25-28-32-35(31-12-8-4,33-29-26-23-20-17-14-10-6-2)34-30-27-24-21-18-15-11-7-3;1-5(2,3)4/h2*5-34H2,1-4H3;(H3,1,2,3,4)/q2*+1;/p-2. The van der Waals surface area contributed by atoms with E-state index in [4.69, 9.17) is 19.2 Å². The van der Waals surface area contributed by atoms with Crippen molar-refractivity contribution in [2.75, 3.05) is 52.4 Å². The molecular formula is C68H145N2O4P. The lowest BCUT2D eigenvalue weighted by atomic mass is 10.0. The summed E-state index contributed by atoms with van der Waals surface area (Å²) >= 11 is 0. The average molecular weight is 1090 g/mol. The number of hydrogen-bond donors (Lipinski definition) is 1. The van der Waals surface area contributed by atoms with Crippen molar-refractivity contribution in [3.63, 3.8) is 0 Å². The van der Waals surface area contributed by atoms with E-state index in [-0.39, 0.29) is 0 Å². The van der Waals surface area contributed by atoms with Crippen LogP contribution >= 0.6 is 7.82 Å². The summed E-state index contributed by atoms with van der Waals surface area (Å²) in [6, 6.07) is 0. The molecule has 1 N–H and O–H groups in total. The minimum Gasteiger partial charge on any atom is -0.790 e. The fourth-order valence-electron chi connectivity index (χ4n) is 11.8. The van der Waals surface area contributed by atoms with Gasteiger partial charge in [0.1, 0.15) is 0 Å². The van der Waals surface area contributed by atoms with E-state index in [1.807, 2.05) is 0 Å². The maximum atomic E-state index is 8.66. The minimum atomic E-state index is -5.14. The maximum Gasteiger partial charge on any atom is 0.0786 e. The van der Waals surface area contributed by atoms with Gasteiger partial charge in [0.15, 0.2) is 0 Å². The maximum absolute atomic E-state index is 8.66. The summed E-state index contributed by atoms with van der Waals surface area (Å²) in [6.45, 7) is 30.5. The summed E-state index contributed by atoms with van der Waals surface area (Å²) in [7, 11) is -5.14. The van der Waals surface area contributed by atoms with E-state index in [2.05, 4.69) is 55.4 Å². The Morgan fingerprint density at radius 3 is 0.427 bits per heavy atom. The molecule has 0 aromatic heterocycles. The van der Waals surface area contributed by atoms with Crippen molar-refractivity contribution < 1.29 is 28.2 Å². The van der Waals surface area contributed by atoms with E-state index >= 15 is 0 Å². The van der Waals surface area contributed by atoms with E-state index in [0.717, 1.165) is 0 Å². The Balaban J connectivity index is -0.00000127. The second-order valence-corrected chi connectivity index (χ2v) is 25.4. The smallest absolute Gasteiger partial charge is 0.0786 e. The molecule has 7 heteroatoms. The summed E-state index contributed by atoms with van der Waals surface area (Å²) in [4.78, 5) is 24.3. The average Bonchev–Trinajstić information content (AvgIpc) is 3.39. The summed E-state index contributed by atoms with van der Waals surface area (Å²) in [5.41, 5.74) is 0. The van der Waals surface area contributed by atoms with Gasteiger partial charge >= 0.3 is 0 Å². The Bertz CT molecular complexity index is 889. The molecule has 0 aromatic carbocycles. The molecule has 0 aliphatic carbocycles. The summed E-state index contributed by atoms with van der Waals surface area (Å²) < 4.78 is 11.6. The van der Waals surface area contributed by atoms with Crippen molar-refractivity contribution in [3.8, 4) is 0 Å². The Kier molecular flexibility index (Phi) is 68.5. The minimum absolute atomic E-state index is 1.37. The molecule has 0 fully saturated rings. The fraction of sp³-hybridized carbons (Fsp3) is 1.00. The predicted octanol–water partition coefficient (Wildman–Crippen LogP) is 21.9. The van der Waals surface area contributed by atoms with Gasteiger partial charge in [-0.2, -0.15) is 0 Å². The zero-order chi connectivity index (χ0) is 55.9. The number of phosphoric acid groups is 1. The molecule has 0 saturated carbocycles. The van der Waals surface area contributed by atoms with Crippen LogP contribution in [-0.2, 0) is 4.57 Å². The third-order valence-corrected chi connectivity index (χ3v) is 16.9. The van der Waals surface area contributed by atoms with E-state index in [9.17, 15) is 0 Å². The number of unbranched alkanes of at least 4 members (excludes halogenated alkanes) is 44. The molecule has 6 nitrogen and oxygen atoms in total. The van der Waals surface area contributed by atoms with Gasteiger partial charge < -0.3 is 28.2 Å². The van der Waals surface area contributed by atoms with Crippen LogP contribution in [0, 0.1) is 0 Å². The largest absolute Gasteiger partial charge is 0.790 e. The van der Waals surface area contributed by atoms with Gasteiger partial charge in [-0.15, -0.1) is 0 Å². The Morgan fingerprint density at radius 1 is 0.213 bits per heavy atom. The number of hydrogen-bond acceptors (Lipinski definition) is 3. The van der Waals surface area contributed by atoms with Crippen LogP contribution in [0.15, 0.2) is 0 Å². The molecule has 0 saturated heterocycles. The highest BCUT2D eigenvalue weighted by atomic mass is 31.2. The van der Waals surface area contributed by atoms with Gasteiger partial charge in [-0.05, 0) is 89.9 Å². The molecule has 0 amide bonds. The molecule has 0 radical (unpaired) electrons. The van der Waals surface area contributed by atoms with Crippen molar-refractivity contribution in [2.24, 2.45) is 0 Å². The second-order valence-electron chi connectivity index (χ2n) is 24.5. The highest BCUT2D eigenvalue weighted by Crippen LogP contribution is 2.23. The topological polar surface area (TPSA) is 83.4 Å². The molecule has 0 bridgehead atoms. The van der Waals surface area contributed by atoms with E-state index in [0.29, 0.717) is 0 Å². The molecule has 0 aliphatic rings. The van der Waals surface area contributed by atoms with E-state index in [1.54, 1.807) is 0 Å². The lowest BCUT2D eigenvalue weighted by Crippen LogP contribution is -2.50. The van der Waals surface area contributed by atoms with E-state index in [1.165, 1.54) is 395 Å². The van der Waals surface area contributed by atoms with Gasteiger partial charge in [-0.1, -0.05) is 299 Å². The molecule has 0 heterocycles. The first-order valence-corrected chi connectivity index (χ1v) is 36.4. The lowest BCUT2D eigenvalue weighted by molar-refractivity contribution is -0.929. The van der Waals surface area contributed by atoms with Crippen LogP contribution in [0.4, 0.5) is 0 Å². The van der Waals surface area contributed by atoms with Crippen molar-refractivity contribution >= 4 is 7.82 Å². The van der Waals surface area contributed by atoms with Crippen molar-refractivity contribution in [3.05, 3.63) is 0 Å². The molecule has 0 aliphatic heterocycles. The number of rotatable bonds is 60. The monoisotopic (exact) mass is 1090 g/mol. The molecular weight excluding hydrogens is 940 g/mol. The van der Waals surface area contributed by atoms with Crippen LogP contribution in [0.5, 0.6) is 0 Å². The second kappa shape index (κ2) is 64.8. The molecule has 456 valence electrons. The normalized spacial score (nSPS) is 12.0. The quantitative estimate of drug-likeness (QED) is 0.0374. The highest BCUT2D eigenvalue weighted by molar-refractivity contribution is 7.42. The van der Waals surface area contributed by atoms with Crippen LogP contribution < -0.4 is 9.79 Å². The van der Waals surface area contributed by atoms with Crippen molar-refractivity contribution in [1.82, 2.24) is 0 Å². The first-order chi connectivity index (χ1) is 36.5. The molecule has 0 rings (SSSR count). The molecule has 0 unspecified atom stereocenters. The summed E-state index contributed by atoms with van der Waals surface area (Å²) in [5, 5.41) is 0. The number of nitrogens with zero attached hydrogens (tertiary/aromatic N) is 2. The summed E-state index contributed by atoms with van der Waals surface area (Å²) in [6.07, 6.45) is 75.5. The van der Waals surface area contributed by atoms with Crippen LogP contribution in [0.3, 0.4) is 0 Å². The molecule has 75 heavy (non-hydrogen) atoms. The van der Waals surface area contributed by atoms with Gasteiger partial charge in [0, 0.05) is 0 Å². The zero-order valence-corrected chi connectivity index (χ0v) is 54.3.